The number of carbonyl (C=O) groups is 4. The van der Waals surface area contributed by atoms with Crippen molar-refractivity contribution in [1.82, 2.24) is 10.4 Å². The van der Waals surface area contributed by atoms with E-state index in [0.717, 1.165) is 30.7 Å². The second-order valence-corrected chi connectivity index (χ2v) is 7.51. The van der Waals surface area contributed by atoms with E-state index in [-0.39, 0.29) is 24.3 Å². The van der Waals surface area contributed by atoms with Crippen LogP contribution in [0.1, 0.15) is 59.2 Å². The molecule has 0 fully saturated rings. The standard InChI is InChI=1S/C23H33ClN2O7/c1-26(21(28)7-6-14-27)33-23(30)20-10-8-19(9-11-20)22(29)25-13-16-32-18-17-31-15-5-3-2-4-12-24/h8-11,14H,2-7,12-13,15-18H2,1H3,(H,25,29). The van der Waals surface area contributed by atoms with Gasteiger partial charge in [0, 0.05) is 44.5 Å². The van der Waals surface area contributed by atoms with Crippen molar-refractivity contribution in [3.05, 3.63) is 35.4 Å². The Kier molecular flexibility index (Phi) is 15.6. The number of aldehydes is 1. The SMILES string of the molecule is CN(OC(=O)c1ccc(C(=O)NCCOCCOCCCCCCCl)cc1)C(=O)CCC=O. The van der Waals surface area contributed by atoms with E-state index in [4.69, 9.17) is 25.9 Å². The molecule has 0 atom stereocenters. The lowest BCUT2D eigenvalue weighted by Gasteiger charge is -2.15. The molecular weight excluding hydrogens is 452 g/mol. The van der Waals surface area contributed by atoms with E-state index < -0.39 is 11.9 Å². The van der Waals surface area contributed by atoms with Gasteiger partial charge in [0.05, 0.1) is 25.4 Å². The number of ether oxygens (including phenoxy) is 2. The molecule has 1 rings (SSSR count). The van der Waals surface area contributed by atoms with Gasteiger partial charge in [-0.3, -0.25) is 9.59 Å². The first-order valence-electron chi connectivity index (χ1n) is 11.0. The maximum Gasteiger partial charge on any atom is 0.363 e. The summed E-state index contributed by atoms with van der Waals surface area (Å²) in [6, 6.07) is 5.85. The molecule has 0 aliphatic heterocycles. The molecule has 184 valence electrons. The Morgan fingerprint density at radius 3 is 2.24 bits per heavy atom. The van der Waals surface area contributed by atoms with Crippen LogP contribution in [0, 0.1) is 0 Å². The molecule has 9 nitrogen and oxygen atoms in total. The quantitative estimate of drug-likeness (QED) is 0.156. The maximum atomic E-state index is 12.2. The second kappa shape index (κ2) is 18.0. The third-order valence-corrected chi connectivity index (χ3v) is 4.77. The van der Waals surface area contributed by atoms with Gasteiger partial charge in [-0.1, -0.05) is 12.8 Å². The summed E-state index contributed by atoms with van der Waals surface area (Å²) in [5, 5.41) is 3.52. The van der Waals surface area contributed by atoms with Gasteiger partial charge >= 0.3 is 5.97 Å². The molecule has 10 heteroatoms. The second-order valence-electron chi connectivity index (χ2n) is 7.14. The lowest BCUT2D eigenvalue weighted by Crippen LogP contribution is -2.30. The van der Waals surface area contributed by atoms with E-state index in [1.165, 1.54) is 31.3 Å². The van der Waals surface area contributed by atoms with Crippen LogP contribution in [-0.2, 0) is 23.9 Å². The smallest absolute Gasteiger partial charge is 0.363 e. The number of nitrogens with one attached hydrogen (secondary N) is 1. The maximum absolute atomic E-state index is 12.2. The molecule has 1 N–H and O–H groups in total. The minimum absolute atomic E-state index is 0.0431. The Labute approximate surface area is 199 Å². The summed E-state index contributed by atoms with van der Waals surface area (Å²) in [4.78, 5) is 51.2. The minimum Gasteiger partial charge on any atom is -0.379 e. The predicted molar refractivity (Wildman–Crippen MR) is 123 cm³/mol. The fourth-order valence-electron chi connectivity index (χ4n) is 2.64. The molecule has 0 saturated heterocycles. The largest absolute Gasteiger partial charge is 0.379 e. The third-order valence-electron chi connectivity index (χ3n) is 4.51. The summed E-state index contributed by atoms with van der Waals surface area (Å²) < 4.78 is 10.9. The van der Waals surface area contributed by atoms with Crippen LogP contribution in [0.3, 0.4) is 0 Å². The van der Waals surface area contributed by atoms with E-state index >= 15 is 0 Å². The summed E-state index contributed by atoms with van der Waals surface area (Å²) in [5.74, 6) is -0.821. The normalized spacial score (nSPS) is 10.5. The summed E-state index contributed by atoms with van der Waals surface area (Å²) in [5.41, 5.74) is 0.559. The first-order chi connectivity index (χ1) is 16.0. The highest BCUT2D eigenvalue weighted by Gasteiger charge is 2.16. The molecule has 1 aromatic rings. The highest BCUT2D eigenvalue weighted by molar-refractivity contribution is 6.17. The van der Waals surface area contributed by atoms with Crippen LogP contribution in [0.5, 0.6) is 0 Å². The molecule has 0 bridgehead atoms. The molecule has 2 amide bonds. The van der Waals surface area contributed by atoms with Gasteiger partial charge in [-0.15, -0.1) is 11.6 Å². The molecule has 33 heavy (non-hydrogen) atoms. The van der Waals surface area contributed by atoms with Crippen molar-refractivity contribution in [2.75, 3.05) is 45.9 Å². The number of carbonyl (C=O) groups excluding carboxylic acids is 4. The lowest BCUT2D eigenvalue weighted by atomic mass is 10.1. The Morgan fingerprint density at radius 2 is 1.58 bits per heavy atom. The van der Waals surface area contributed by atoms with E-state index in [2.05, 4.69) is 5.32 Å². The van der Waals surface area contributed by atoms with E-state index in [1.54, 1.807) is 0 Å². The van der Waals surface area contributed by atoms with Crippen LogP contribution in [0.2, 0.25) is 0 Å². The Balaban J connectivity index is 2.20. The van der Waals surface area contributed by atoms with Crippen LogP contribution in [0.15, 0.2) is 24.3 Å². The molecule has 0 heterocycles. The fraction of sp³-hybridized carbons (Fsp3) is 0.565. The van der Waals surface area contributed by atoms with Gasteiger partial charge in [-0.05, 0) is 37.1 Å². The zero-order chi connectivity index (χ0) is 24.3. The fourth-order valence-corrected chi connectivity index (χ4v) is 2.83. The third kappa shape index (κ3) is 13.0. The zero-order valence-electron chi connectivity index (χ0n) is 19.1. The minimum atomic E-state index is -0.741. The van der Waals surface area contributed by atoms with Crippen LogP contribution in [0.25, 0.3) is 0 Å². The lowest BCUT2D eigenvalue weighted by molar-refractivity contribution is -0.161. The summed E-state index contributed by atoms with van der Waals surface area (Å²) in [7, 11) is 1.30. The van der Waals surface area contributed by atoms with E-state index in [0.29, 0.717) is 50.7 Å². The van der Waals surface area contributed by atoms with Crippen LogP contribution < -0.4 is 5.32 Å². The molecule has 0 saturated carbocycles. The number of nitrogens with zero attached hydrogens (tertiary/aromatic N) is 1. The first-order valence-corrected chi connectivity index (χ1v) is 11.5. The summed E-state index contributed by atoms with van der Waals surface area (Å²) in [6.45, 7) is 2.38. The average molecular weight is 485 g/mol. The van der Waals surface area contributed by atoms with Gasteiger partial charge in [0.1, 0.15) is 6.29 Å². The van der Waals surface area contributed by atoms with Gasteiger partial charge in [0.15, 0.2) is 0 Å². The number of hydrogen-bond acceptors (Lipinski definition) is 7. The Bertz CT molecular complexity index is 728. The summed E-state index contributed by atoms with van der Waals surface area (Å²) >= 11 is 5.62. The number of hydrogen-bond donors (Lipinski definition) is 1. The van der Waals surface area contributed by atoms with E-state index in [9.17, 15) is 19.2 Å². The molecule has 0 aliphatic rings. The Hall–Kier alpha value is -2.49. The molecule has 0 aromatic heterocycles. The van der Waals surface area contributed by atoms with Gasteiger partial charge in [-0.2, -0.15) is 5.06 Å². The van der Waals surface area contributed by atoms with Crippen molar-refractivity contribution in [3.8, 4) is 0 Å². The predicted octanol–water partition coefficient (Wildman–Crippen LogP) is 2.76. The van der Waals surface area contributed by atoms with Crippen molar-refractivity contribution in [3.63, 3.8) is 0 Å². The highest BCUT2D eigenvalue weighted by Crippen LogP contribution is 2.08. The number of unbranched alkanes of at least 4 members (excludes halogenated alkanes) is 3. The molecule has 0 unspecified atom stereocenters. The van der Waals surface area contributed by atoms with Gasteiger partial charge in [0.25, 0.3) is 11.8 Å². The highest BCUT2D eigenvalue weighted by atomic mass is 35.5. The Morgan fingerprint density at radius 1 is 0.939 bits per heavy atom. The average Bonchev–Trinajstić information content (AvgIpc) is 2.83. The molecule has 0 radical (unpaired) electrons. The topological polar surface area (TPSA) is 111 Å². The monoisotopic (exact) mass is 484 g/mol. The number of hydroxylamine groups is 2. The zero-order valence-corrected chi connectivity index (χ0v) is 19.8. The van der Waals surface area contributed by atoms with Crippen molar-refractivity contribution < 1.29 is 33.5 Å². The van der Waals surface area contributed by atoms with Crippen LogP contribution in [0.4, 0.5) is 0 Å². The van der Waals surface area contributed by atoms with Crippen molar-refractivity contribution in [2.24, 2.45) is 0 Å². The van der Waals surface area contributed by atoms with Gasteiger partial charge in [-0.25, -0.2) is 4.79 Å². The van der Waals surface area contributed by atoms with Crippen molar-refractivity contribution in [1.29, 1.82) is 0 Å². The number of alkyl halides is 1. The van der Waals surface area contributed by atoms with Crippen LogP contribution in [-0.4, -0.2) is 75.0 Å². The van der Waals surface area contributed by atoms with Gasteiger partial charge < -0.3 is 24.4 Å². The van der Waals surface area contributed by atoms with Crippen molar-refractivity contribution >= 4 is 35.7 Å². The number of rotatable bonds is 17. The van der Waals surface area contributed by atoms with Crippen LogP contribution >= 0.6 is 11.6 Å². The number of halogens is 1. The number of benzene rings is 1. The molecule has 1 aromatic carbocycles. The van der Waals surface area contributed by atoms with E-state index in [1.807, 2.05) is 0 Å². The first kappa shape index (κ1) is 28.5. The molecule has 0 aliphatic carbocycles. The molecular formula is C23H33ClN2O7. The number of amides is 2. The van der Waals surface area contributed by atoms with Gasteiger partial charge in [0.2, 0.25) is 0 Å². The summed E-state index contributed by atoms with van der Waals surface area (Å²) in [6.07, 6.45) is 4.92. The van der Waals surface area contributed by atoms with Crippen molar-refractivity contribution in [2.45, 2.75) is 38.5 Å². The molecule has 0 spiro atoms.